The van der Waals surface area contributed by atoms with Crippen molar-refractivity contribution in [1.82, 2.24) is 0 Å². The van der Waals surface area contributed by atoms with Gasteiger partial charge in [0.1, 0.15) is 5.75 Å². The fraction of sp³-hybridized carbons (Fsp3) is 0.538. The molecule has 2 aromatic rings. The van der Waals surface area contributed by atoms with Crippen molar-refractivity contribution in [2.24, 2.45) is 0 Å². The van der Waals surface area contributed by atoms with E-state index >= 15 is 0 Å². The molecule has 2 N–H and O–H groups in total. The molecule has 0 unspecified atom stereocenters. The van der Waals surface area contributed by atoms with Crippen LogP contribution in [0.15, 0.2) is 46.9 Å². The van der Waals surface area contributed by atoms with E-state index in [1.807, 2.05) is 24.3 Å². The molecule has 0 amide bonds. The average Bonchev–Trinajstić information content (AvgIpc) is 2.78. The first kappa shape index (κ1) is 33.5. The molecule has 3 rings (SSSR count). The zero-order chi connectivity index (χ0) is 26.1. The van der Waals surface area contributed by atoms with Gasteiger partial charge in [-0.25, -0.2) is 0 Å². The van der Waals surface area contributed by atoms with Crippen LogP contribution in [0.5, 0.6) is 5.75 Å². The number of ether oxygens (including phenoxy) is 3. The minimum absolute atomic E-state index is 0. The molecule has 199 valence electrons. The van der Waals surface area contributed by atoms with Crippen molar-refractivity contribution < 1.29 is 65.2 Å². The SMILES string of the molecule is CC1(C)OCC([NH-])(CCc2ccc(OCCCc3cccc(Br)c3)c(C(F)(F)F)c2)CO1.CCO.[Y]. The molecular weight excluding hydrogens is 616 g/mol. The summed E-state index contributed by atoms with van der Waals surface area (Å²) in [6.07, 6.45) is -2.54. The van der Waals surface area contributed by atoms with E-state index < -0.39 is 23.1 Å². The first-order valence-corrected chi connectivity index (χ1v) is 12.4. The summed E-state index contributed by atoms with van der Waals surface area (Å²) in [5.74, 6) is -0.897. The Morgan fingerprint density at radius 1 is 1.06 bits per heavy atom. The number of alkyl halides is 3. The summed E-state index contributed by atoms with van der Waals surface area (Å²) < 4.78 is 58.5. The molecule has 2 aromatic carbocycles. The van der Waals surface area contributed by atoms with Gasteiger partial charge >= 0.3 is 6.18 Å². The molecule has 1 fully saturated rings. The van der Waals surface area contributed by atoms with E-state index in [-0.39, 0.29) is 64.9 Å². The van der Waals surface area contributed by atoms with Gasteiger partial charge in [-0.2, -0.15) is 13.2 Å². The minimum atomic E-state index is -4.52. The van der Waals surface area contributed by atoms with Crippen LogP contribution in [-0.2, 0) is 61.2 Å². The topological polar surface area (TPSA) is 71.7 Å². The van der Waals surface area contributed by atoms with Crippen molar-refractivity contribution >= 4 is 15.9 Å². The van der Waals surface area contributed by atoms with Crippen molar-refractivity contribution in [3.63, 3.8) is 0 Å². The van der Waals surface area contributed by atoms with Gasteiger partial charge in [0.25, 0.3) is 0 Å². The van der Waals surface area contributed by atoms with E-state index in [1.165, 1.54) is 6.07 Å². The summed E-state index contributed by atoms with van der Waals surface area (Å²) in [5.41, 5.74) is 8.31. The van der Waals surface area contributed by atoms with E-state index in [1.54, 1.807) is 26.8 Å². The second kappa shape index (κ2) is 15.1. The first-order chi connectivity index (χ1) is 16.4. The molecule has 5 nitrogen and oxygen atoms in total. The van der Waals surface area contributed by atoms with Gasteiger partial charge < -0.3 is 25.1 Å². The second-order valence-corrected chi connectivity index (χ2v) is 9.90. The quantitative estimate of drug-likeness (QED) is 0.313. The van der Waals surface area contributed by atoms with Gasteiger partial charge in [0, 0.05) is 57.0 Å². The maximum absolute atomic E-state index is 13.6. The summed E-state index contributed by atoms with van der Waals surface area (Å²) in [6, 6.07) is 12.0. The first-order valence-electron chi connectivity index (χ1n) is 11.6. The van der Waals surface area contributed by atoms with Gasteiger partial charge in [-0.15, -0.1) is 0 Å². The summed E-state index contributed by atoms with van der Waals surface area (Å²) in [4.78, 5) is 0. The van der Waals surface area contributed by atoms with Crippen LogP contribution in [-0.4, -0.2) is 42.9 Å². The van der Waals surface area contributed by atoms with Crippen LogP contribution in [0.2, 0.25) is 0 Å². The Morgan fingerprint density at radius 3 is 2.25 bits per heavy atom. The van der Waals surface area contributed by atoms with Crippen LogP contribution >= 0.6 is 15.9 Å². The number of hydrogen-bond donors (Lipinski definition) is 1. The number of rotatable bonds is 8. The number of aliphatic hydroxyl groups is 1. The maximum Gasteiger partial charge on any atom is 0.419 e. The van der Waals surface area contributed by atoms with Crippen molar-refractivity contribution in [2.45, 2.75) is 64.0 Å². The molecule has 0 aliphatic carbocycles. The van der Waals surface area contributed by atoms with Crippen molar-refractivity contribution in [2.75, 3.05) is 26.4 Å². The summed E-state index contributed by atoms with van der Waals surface area (Å²) in [7, 11) is 0. The molecule has 10 heteroatoms. The monoisotopic (exact) mass is 649 g/mol. The Morgan fingerprint density at radius 2 is 1.67 bits per heavy atom. The molecule has 1 heterocycles. The summed E-state index contributed by atoms with van der Waals surface area (Å²) in [5, 5.41) is 7.57. The van der Waals surface area contributed by atoms with Gasteiger partial charge in [-0.1, -0.05) is 46.1 Å². The summed E-state index contributed by atoms with van der Waals surface area (Å²) >= 11 is 3.41. The molecule has 0 saturated carbocycles. The van der Waals surface area contributed by atoms with Crippen molar-refractivity contribution in [3.05, 3.63) is 69.4 Å². The predicted octanol–water partition coefficient (Wildman–Crippen LogP) is 6.98. The molecule has 0 bridgehead atoms. The van der Waals surface area contributed by atoms with Gasteiger partial charge in [0.2, 0.25) is 0 Å². The largest absolute Gasteiger partial charge is 0.668 e. The fourth-order valence-electron chi connectivity index (χ4n) is 3.47. The van der Waals surface area contributed by atoms with E-state index in [0.717, 1.165) is 16.1 Å². The molecule has 1 saturated heterocycles. The van der Waals surface area contributed by atoms with Crippen molar-refractivity contribution in [3.8, 4) is 5.75 Å². The minimum Gasteiger partial charge on any atom is -0.668 e. The maximum atomic E-state index is 13.6. The Bertz CT molecular complexity index is 934. The van der Waals surface area contributed by atoms with Crippen LogP contribution in [0.1, 0.15) is 50.3 Å². The molecule has 1 radical (unpaired) electrons. The number of hydrogen-bond acceptors (Lipinski definition) is 4. The van der Waals surface area contributed by atoms with Crippen LogP contribution in [0, 0.1) is 0 Å². The van der Waals surface area contributed by atoms with E-state index in [2.05, 4.69) is 15.9 Å². The Hall–Kier alpha value is -0.546. The van der Waals surface area contributed by atoms with Gasteiger partial charge in [-0.3, -0.25) is 0 Å². The second-order valence-electron chi connectivity index (χ2n) is 8.98. The van der Waals surface area contributed by atoms with Gasteiger partial charge in [0.05, 0.1) is 12.2 Å². The predicted molar refractivity (Wildman–Crippen MR) is 134 cm³/mol. The zero-order valence-corrected chi connectivity index (χ0v) is 25.4. The number of benzene rings is 2. The van der Waals surface area contributed by atoms with E-state index in [9.17, 15) is 13.2 Å². The molecule has 0 spiro atoms. The molecule has 0 aromatic heterocycles. The molecule has 1 aliphatic rings. The molecule has 36 heavy (non-hydrogen) atoms. The Kier molecular flexibility index (Phi) is 14.1. The molecule has 1 aliphatic heterocycles. The Balaban J connectivity index is 0.00000154. The standard InChI is InChI=1S/C24H28BrF3NO3.C2H6O.Y/c1-22(2)31-15-23(29,16-32-22)11-10-18-8-9-21(20(14-18)24(26,27)28)30-12-4-6-17-5-3-7-19(25)13-17;1-2-3;/h3,5,7-9,13-14,29H,4,6,10-12,15-16H2,1-2H3;3H,2H2,1H3;/q-1;;. The molecular formula is C26H34BrF3NO4Y-. The third-order valence-electron chi connectivity index (χ3n) is 5.39. The number of halogens is 4. The zero-order valence-electron chi connectivity index (χ0n) is 21.0. The molecule has 0 atom stereocenters. The van der Waals surface area contributed by atoms with E-state index in [0.29, 0.717) is 31.2 Å². The Labute approximate surface area is 245 Å². The van der Waals surface area contributed by atoms with Crippen LogP contribution < -0.4 is 4.74 Å². The fourth-order valence-corrected chi connectivity index (χ4v) is 3.91. The normalized spacial score (nSPS) is 16.4. The third kappa shape index (κ3) is 11.5. The number of aliphatic hydroxyl groups excluding tert-OH is 1. The third-order valence-corrected chi connectivity index (χ3v) is 5.88. The van der Waals surface area contributed by atoms with Crippen LogP contribution in [0.4, 0.5) is 13.2 Å². The smallest absolute Gasteiger partial charge is 0.419 e. The average molecular weight is 650 g/mol. The van der Waals surface area contributed by atoms with Crippen LogP contribution in [0.25, 0.3) is 5.73 Å². The van der Waals surface area contributed by atoms with Crippen molar-refractivity contribution in [1.29, 1.82) is 0 Å². The van der Waals surface area contributed by atoms with Gasteiger partial charge in [-0.05, 0) is 75.4 Å². The summed E-state index contributed by atoms with van der Waals surface area (Å²) in [6.45, 7) is 6.05. The number of aryl methyl sites for hydroxylation is 2. The van der Waals surface area contributed by atoms with Crippen LogP contribution in [0.3, 0.4) is 0 Å². The number of nitrogens with one attached hydrogen (secondary N) is 1. The van der Waals surface area contributed by atoms with Gasteiger partial charge in [0.15, 0.2) is 5.79 Å². The van der Waals surface area contributed by atoms with E-state index in [4.69, 9.17) is 25.1 Å².